The Bertz CT molecular complexity index is 557. The van der Waals surface area contributed by atoms with Crippen molar-refractivity contribution in [3.05, 3.63) is 41.8 Å². The van der Waals surface area contributed by atoms with Gasteiger partial charge in [-0.1, -0.05) is 5.16 Å². The fourth-order valence-corrected chi connectivity index (χ4v) is 1.78. The molecule has 5 nitrogen and oxygen atoms in total. The van der Waals surface area contributed by atoms with Crippen LogP contribution in [-0.4, -0.2) is 15.1 Å². The van der Waals surface area contributed by atoms with Crippen LogP contribution in [0, 0.1) is 17.2 Å². The molecular weight excluding hydrogens is 216 g/mol. The number of hydrogen-bond donors (Lipinski definition) is 0. The summed E-state index contributed by atoms with van der Waals surface area (Å²) in [6.07, 6.45) is 4.95. The van der Waals surface area contributed by atoms with Crippen LogP contribution in [0.2, 0.25) is 0 Å². The molecule has 1 aliphatic carbocycles. The van der Waals surface area contributed by atoms with Gasteiger partial charge in [0.1, 0.15) is 0 Å². The van der Waals surface area contributed by atoms with Gasteiger partial charge in [0, 0.05) is 18.8 Å². The topological polar surface area (TPSA) is 75.6 Å². The lowest BCUT2D eigenvalue weighted by atomic mass is 10.2. The van der Waals surface area contributed by atoms with Crippen LogP contribution in [0.15, 0.2) is 29.0 Å². The number of rotatable bonds is 3. The fraction of sp³-hybridized carbons (Fsp3) is 0.333. The van der Waals surface area contributed by atoms with Crippen LogP contribution in [0.1, 0.15) is 29.6 Å². The zero-order valence-electron chi connectivity index (χ0n) is 9.08. The van der Waals surface area contributed by atoms with E-state index in [0.717, 1.165) is 12.0 Å². The lowest BCUT2D eigenvalue weighted by molar-refractivity contribution is 0.373. The van der Waals surface area contributed by atoms with Crippen molar-refractivity contribution in [2.24, 2.45) is 5.92 Å². The van der Waals surface area contributed by atoms with E-state index in [1.165, 1.54) is 0 Å². The predicted molar refractivity (Wildman–Crippen MR) is 57.8 cm³/mol. The second kappa shape index (κ2) is 3.98. The second-order valence-electron chi connectivity index (χ2n) is 4.16. The molecule has 0 amide bonds. The standard InChI is InChI=1S/C12H10N4O/c13-7-9-6-10(9)12-15-11(16-17-12)5-8-1-3-14-4-2-8/h1-4,9-10H,5-6H2. The Morgan fingerprint density at radius 1 is 1.41 bits per heavy atom. The summed E-state index contributed by atoms with van der Waals surface area (Å²) in [6, 6.07) is 6.05. The monoisotopic (exact) mass is 226 g/mol. The molecule has 0 bridgehead atoms. The smallest absolute Gasteiger partial charge is 0.231 e. The van der Waals surface area contributed by atoms with Gasteiger partial charge in [-0.3, -0.25) is 4.98 Å². The molecule has 1 aliphatic rings. The summed E-state index contributed by atoms with van der Waals surface area (Å²) in [5, 5.41) is 12.7. The van der Waals surface area contributed by atoms with Crippen LogP contribution in [0.5, 0.6) is 0 Å². The van der Waals surface area contributed by atoms with Gasteiger partial charge in [0.05, 0.1) is 17.9 Å². The molecule has 17 heavy (non-hydrogen) atoms. The van der Waals surface area contributed by atoms with Gasteiger partial charge in [-0.05, 0) is 24.1 Å². The van der Waals surface area contributed by atoms with Crippen molar-refractivity contribution in [2.45, 2.75) is 18.8 Å². The van der Waals surface area contributed by atoms with E-state index in [0.29, 0.717) is 18.1 Å². The largest absolute Gasteiger partial charge is 0.339 e. The second-order valence-corrected chi connectivity index (χ2v) is 4.16. The first kappa shape index (κ1) is 9.97. The molecule has 5 heteroatoms. The Kier molecular flexibility index (Phi) is 2.33. The molecule has 0 N–H and O–H groups in total. The molecule has 2 aromatic rings. The van der Waals surface area contributed by atoms with Crippen molar-refractivity contribution >= 4 is 0 Å². The Hall–Kier alpha value is -2.22. The van der Waals surface area contributed by atoms with Crippen LogP contribution < -0.4 is 0 Å². The van der Waals surface area contributed by atoms with Gasteiger partial charge in [0.2, 0.25) is 5.89 Å². The van der Waals surface area contributed by atoms with Gasteiger partial charge in [-0.25, -0.2) is 0 Å². The SMILES string of the molecule is N#CC1CC1c1nc(Cc2ccncc2)no1. The third kappa shape index (κ3) is 2.02. The summed E-state index contributed by atoms with van der Waals surface area (Å²) >= 11 is 0. The average Bonchev–Trinajstić information content (AvgIpc) is 3.03. The van der Waals surface area contributed by atoms with E-state index in [9.17, 15) is 0 Å². The van der Waals surface area contributed by atoms with Crippen molar-refractivity contribution in [1.29, 1.82) is 5.26 Å². The Morgan fingerprint density at radius 2 is 2.24 bits per heavy atom. The highest BCUT2D eigenvalue weighted by Gasteiger charge is 2.43. The third-order valence-corrected chi connectivity index (χ3v) is 2.87. The van der Waals surface area contributed by atoms with E-state index in [1.54, 1.807) is 12.4 Å². The predicted octanol–water partition coefficient (Wildman–Crippen LogP) is 1.68. The molecular formula is C12H10N4O. The molecule has 0 aliphatic heterocycles. The molecule has 3 rings (SSSR count). The average molecular weight is 226 g/mol. The van der Waals surface area contributed by atoms with Crippen molar-refractivity contribution in [1.82, 2.24) is 15.1 Å². The minimum absolute atomic E-state index is 0.0595. The summed E-state index contributed by atoms with van der Waals surface area (Å²) in [6.45, 7) is 0. The normalized spacial score (nSPS) is 22.1. The number of pyridine rings is 1. The summed E-state index contributed by atoms with van der Waals surface area (Å²) < 4.78 is 5.17. The zero-order valence-corrected chi connectivity index (χ0v) is 9.08. The van der Waals surface area contributed by atoms with Gasteiger partial charge < -0.3 is 4.52 Å². The number of nitrogens with zero attached hydrogens (tertiary/aromatic N) is 4. The fourth-order valence-electron chi connectivity index (χ4n) is 1.78. The lowest BCUT2D eigenvalue weighted by Crippen LogP contribution is -1.91. The summed E-state index contributed by atoms with van der Waals surface area (Å²) in [5.74, 6) is 1.47. The van der Waals surface area contributed by atoms with E-state index in [4.69, 9.17) is 9.78 Å². The Morgan fingerprint density at radius 3 is 2.94 bits per heavy atom. The van der Waals surface area contributed by atoms with Crippen LogP contribution >= 0.6 is 0 Å². The van der Waals surface area contributed by atoms with Gasteiger partial charge >= 0.3 is 0 Å². The highest BCUT2D eigenvalue weighted by molar-refractivity contribution is 5.18. The molecule has 2 aromatic heterocycles. The summed E-state index contributed by atoms with van der Waals surface area (Å²) in [4.78, 5) is 8.27. The molecule has 0 saturated heterocycles. The quantitative estimate of drug-likeness (QED) is 0.795. The minimum Gasteiger partial charge on any atom is -0.339 e. The highest BCUT2D eigenvalue weighted by Crippen LogP contribution is 2.45. The molecule has 2 unspecified atom stereocenters. The molecule has 0 radical (unpaired) electrons. The molecule has 0 aromatic carbocycles. The number of aromatic nitrogens is 3. The summed E-state index contributed by atoms with van der Waals surface area (Å²) in [7, 11) is 0. The first-order valence-corrected chi connectivity index (χ1v) is 5.48. The van der Waals surface area contributed by atoms with Gasteiger partial charge in [0.15, 0.2) is 5.82 Å². The molecule has 2 atom stereocenters. The first-order chi connectivity index (χ1) is 8.36. The molecule has 1 saturated carbocycles. The minimum atomic E-state index is 0.0595. The van der Waals surface area contributed by atoms with Crippen molar-refractivity contribution in [3.63, 3.8) is 0 Å². The van der Waals surface area contributed by atoms with Gasteiger partial charge in [-0.15, -0.1) is 0 Å². The van der Waals surface area contributed by atoms with Gasteiger partial charge in [-0.2, -0.15) is 10.2 Å². The van der Waals surface area contributed by atoms with Crippen molar-refractivity contribution < 1.29 is 4.52 Å². The van der Waals surface area contributed by atoms with E-state index >= 15 is 0 Å². The first-order valence-electron chi connectivity index (χ1n) is 5.48. The van der Waals surface area contributed by atoms with Crippen molar-refractivity contribution in [2.75, 3.05) is 0 Å². The van der Waals surface area contributed by atoms with Gasteiger partial charge in [0.25, 0.3) is 0 Å². The van der Waals surface area contributed by atoms with Crippen LogP contribution in [0.3, 0.4) is 0 Å². The van der Waals surface area contributed by atoms with E-state index in [-0.39, 0.29) is 11.8 Å². The van der Waals surface area contributed by atoms with Crippen molar-refractivity contribution in [3.8, 4) is 6.07 Å². The number of hydrogen-bond acceptors (Lipinski definition) is 5. The maximum atomic E-state index is 8.73. The maximum Gasteiger partial charge on any atom is 0.231 e. The zero-order chi connectivity index (χ0) is 11.7. The molecule has 0 spiro atoms. The van der Waals surface area contributed by atoms with Crippen LogP contribution in [0.25, 0.3) is 0 Å². The summed E-state index contributed by atoms with van der Waals surface area (Å²) in [5.41, 5.74) is 1.10. The number of nitriles is 1. The maximum absolute atomic E-state index is 8.73. The van der Waals surface area contributed by atoms with E-state index in [1.807, 2.05) is 12.1 Å². The lowest BCUT2D eigenvalue weighted by Gasteiger charge is -1.93. The third-order valence-electron chi connectivity index (χ3n) is 2.87. The molecule has 84 valence electrons. The van der Waals surface area contributed by atoms with Crippen LogP contribution in [-0.2, 0) is 6.42 Å². The Labute approximate surface area is 98.1 Å². The van der Waals surface area contributed by atoms with E-state index in [2.05, 4.69) is 21.2 Å². The highest BCUT2D eigenvalue weighted by atomic mass is 16.5. The van der Waals surface area contributed by atoms with E-state index < -0.39 is 0 Å². The Balaban J connectivity index is 1.72. The molecule has 2 heterocycles. The van der Waals surface area contributed by atoms with Crippen LogP contribution in [0.4, 0.5) is 0 Å². The molecule has 1 fully saturated rings.